The second kappa shape index (κ2) is 9.04. The van der Waals surface area contributed by atoms with Gasteiger partial charge in [0.15, 0.2) is 0 Å². The Hall–Kier alpha value is -2.82. The predicted molar refractivity (Wildman–Crippen MR) is 99.7 cm³/mol. The van der Waals surface area contributed by atoms with E-state index in [0.717, 1.165) is 22.3 Å². The molecule has 138 valence electrons. The molecule has 0 aliphatic rings. The Balaban J connectivity index is 2.53. The zero-order valence-electron chi connectivity index (χ0n) is 15.6. The molecule has 0 bridgehead atoms. The lowest BCUT2D eigenvalue weighted by Gasteiger charge is -2.15. The van der Waals surface area contributed by atoms with E-state index < -0.39 is 0 Å². The molecule has 0 atom stereocenters. The summed E-state index contributed by atoms with van der Waals surface area (Å²) in [6, 6.07) is 11.2. The van der Waals surface area contributed by atoms with Crippen molar-refractivity contribution >= 4 is 11.8 Å². The molecule has 0 radical (unpaired) electrons. The zero-order valence-corrected chi connectivity index (χ0v) is 15.6. The first-order valence-corrected chi connectivity index (χ1v) is 8.45. The number of benzene rings is 2. The van der Waals surface area contributed by atoms with E-state index in [1.54, 1.807) is 14.2 Å². The van der Waals surface area contributed by atoms with Gasteiger partial charge in [0.2, 0.25) is 0 Å². The Morgan fingerprint density at radius 2 is 1.31 bits per heavy atom. The molecule has 0 saturated heterocycles. The molecule has 0 amide bonds. The SMILES string of the molecule is CCC(=O)Cc1ccc(OC)c(-c2cc(CC(=O)OC)ccc2OC)c1. The van der Waals surface area contributed by atoms with Crippen molar-refractivity contribution in [3.8, 4) is 22.6 Å². The van der Waals surface area contributed by atoms with Crippen molar-refractivity contribution in [3.63, 3.8) is 0 Å². The summed E-state index contributed by atoms with van der Waals surface area (Å²) < 4.78 is 15.7. The van der Waals surface area contributed by atoms with Gasteiger partial charge in [-0.2, -0.15) is 0 Å². The molecule has 0 N–H and O–H groups in total. The lowest BCUT2D eigenvalue weighted by molar-refractivity contribution is -0.139. The number of methoxy groups -OCH3 is 3. The molecule has 0 heterocycles. The smallest absolute Gasteiger partial charge is 0.309 e. The van der Waals surface area contributed by atoms with Crippen LogP contribution in [0.25, 0.3) is 11.1 Å². The molecule has 0 unspecified atom stereocenters. The van der Waals surface area contributed by atoms with Crippen LogP contribution in [0.4, 0.5) is 0 Å². The summed E-state index contributed by atoms with van der Waals surface area (Å²) in [6.07, 6.45) is 1.04. The number of hydrogen-bond acceptors (Lipinski definition) is 5. The summed E-state index contributed by atoms with van der Waals surface area (Å²) in [6.45, 7) is 1.85. The summed E-state index contributed by atoms with van der Waals surface area (Å²) in [4.78, 5) is 23.4. The maximum Gasteiger partial charge on any atom is 0.309 e. The van der Waals surface area contributed by atoms with Crippen LogP contribution in [0.5, 0.6) is 11.5 Å². The predicted octanol–water partition coefficient (Wildman–Crippen LogP) is 3.61. The minimum atomic E-state index is -0.310. The third-order valence-electron chi connectivity index (χ3n) is 4.19. The highest BCUT2D eigenvalue weighted by atomic mass is 16.5. The number of rotatable bonds is 8. The van der Waals surface area contributed by atoms with E-state index >= 15 is 0 Å². The quantitative estimate of drug-likeness (QED) is 0.676. The van der Waals surface area contributed by atoms with Gasteiger partial charge in [-0.3, -0.25) is 9.59 Å². The van der Waals surface area contributed by atoms with Crippen LogP contribution in [-0.2, 0) is 27.2 Å². The van der Waals surface area contributed by atoms with Gasteiger partial charge in [-0.15, -0.1) is 0 Å². The maximum absolute atomic E-state index is 11.8. The summed E-state index contributed by atoms with van der Waals surface area (Å²) in [5.74, 6) is 1.20. The van der Waals surface area contributed by atoms with E-state index in [2.05, 4.69) is 0 Å². The van der Waals surface area contributed by atoms with E-state index in [0.29, 0.717) is 24.3 Å². The van der Waals surface area contributed by atoms with Crippen molar-refractivity contribution in [2.24, 2.45) is 0 Å². The van der Waals surface area contributed by atoms with Crippen molar-refractivity contribution in [2.45, 2.75) is 26.2 Å². The van der Waals surface area contributed by atoms with Gasteiger partial charge in [-0.05, 0) is 35.4 Å². The molecular weight excluding hydrogens is 332 g/mol. The normalized spacial score (nSPS) is 10.3. The van der Waals surface area contributed by atoms with E-state index in [-0.39, 0.29) is 18.2 Å². The first-order valence-electron chi connectivity index (χ1n) is 8.45. The fourth-order valence-electron chi connectivity index (χ4n) is 2.74. The van der Waals surface area contributed by atoms with Crippen LogP contribution in [0.1, 0.15) is 24.5 Å². The maximum atomic E-state index is 11.8. The molecule has 0 aliphatic carbocycles. The van der Waals surface area contributed by atoms with E-state index in [4.69, 9.17) is 14.2 Å². The second-order valence-corrected chi connectivity index (χ2v) is 5.89. The Morgan fingerprint density at radius 3 is 1.73 bits per heavy atom. The van der Waals surface area contributed by atoms with Crippen LogP contribution < -0.4 is 9.47 Å². The molecule has 0 fully saturated rings. The summed E-state index contributed by atoms with van der Waals surface area (Å²) in [5.41, 5.74) is 3.34. The summed E-state index contributed by atoms with van der Waals surface area (Å²) in [5, 5.41) is 0. The number of carbonyl (C=O) groups is 2. The molecule has 2 aromatic rings. The average molecular weight is 356 g/mol. The number of Topliss-reactive ketones (excluding diaryl/α,β-unsaturated/α-hetero) is 1. The van der Waals surface area contributed by atoms with Gasteiger partial charge in [-0.25, -0.2) is 0 Å². The highest BCUT2D eigenvalue weighted by molar-refractivity contribution is 5.83. The first-order chi connectivity index (χ1) is 12.5. The van der Waals surface area contributed by atoms with Gasteiger partial charge < -0.3 is 14.2 Å². The Labute approximate surface area is 153 Å². The number of ether oxygens (including phenoxy) is 3. The number of hydrogen-bond donors (Lipinski definition) is 0. The molecule has 5 heteroatoms. The second-order valence-electron chi connectivity index (χ2n) is 5.89. The molecule has 5 nitrogen and oxygen atoms in total. The molecule has 2 aromatic carbocycles. The highest BCUT2D eigenvalue weighted by Crippen LogP contribution is 2.38. The van der Waals surface area contributed by atoms with Crippen LogP contribution >= 0.6 is 0 Å². The fraction of sp³-hybridized carbons (Fsp3) is 0.333. The van der Waals surface area contributed by atoms with Crippen molar-refractivity contribution in [1.29, 1.82) is 0 Å². The zero-order chi connectivity index (χ0) is 19.1. The monoisotopic (exact) mass is 356 g/mol. The molecule has 0 spiro atoms. The van der Waals surface area contributed by atoms with Crippen LogP contribution in [0, 0.1) is 0 Å². The summed E-state index contributed by atoms with van der Waals surface area (Å²) >= 11 is 0. The van der Waals surface area contributed by atoms with E-state index in [1.165, 1.54) is 7.11 Å². The van der Waals surface area contributed by atoms with Crippen LogP contribution in [-0.4, -0.2) is 33.1 Å². The van der Waals surface area contributed by atoms with Crippen molar-refractivity contribution in [3.05, 3.63) is 47.5 Å². The Kier molecular flexibility index (Phi) is 6.78. The van der Waals surface area contributed by atoms with Gasteiger partial charge in [0.1, 0.15) is 17.3 Å². The van der Waals surface area contributed by atoms with Gasteiger partial charge >= 0.3 is 5.97 Å². The Bertz CT molecular complexity index is 727. The van der Waals surface area contributed by atoms with Crippen LogP contribution in [0.2, 0.25) is 0 Å². The van der Waals surface area contributed by atoms with Gasteiger partial charge in [0, 0.05) is 24.0 Å². The fourth-order valence-corrected chi connectivity index (χ4v) is 2.74. The van der Waals surface area contributed by atoms with Crippen LogP contribution in [0.15, 0.2) is 36.4 Å². The molecular formula is C21H24O5. The van der Waals surface area contributed by atoms with Crippen molar-refractivity contribution < 1.29 is 23.8 Å². The minimum Gasteiger partial charge on any atom is -0.496 e. The molecule has 2 rings (SSSR count). The van der Waals surface area contributed by atoms with Crippen molar-refractivity contribution in [2.75, 3.05) is 21.3 Å². The van der Waals surface area contributed by atoms with E-state index in [1.807, 2.05) is 43.3 Å². The lowest BCUT2D eigenvalue weighted by Crippen LogP contribution is -2.05. The highest BCUT2D eigenvalue weighted by Gasteiger charge is 2.15. The lowest BCUT2D eigenvalue weighted by atomic mass is 9.96. The Morgan fingerprint density at radius 1 is 0.808 bits per heavy atom. The molecule has 0 saturated carbocycles. The summed E-state index contributed by atoms with van der Waals surface area (Å²) in [7, 11) is 4.56. The minimum absolute atomic E-state index is 0.170. The van der Waals surface area contributed by atoms with Crippen molar-refractivity contribution in [1.82, 2.24) is 0 Å². The van der Waals surface area contributed by atoms with Gasteiger partial charge in [0.25, 0.3) is 0 Å². The average Bonchev–Trinajstić information content (AvgIpc) is 2.67. The van der Waals surface area contributed by atoms with Gasteiger partial charge in [-0.1, -0.05) is 19.1 Å². The largest absolute Gasteiger partial charge is 0.496 e. The van der Waals surface area contributed by atoms with Gasteiger partial charge in [0.05, 0.1) is 27.8 Å². The van der Waals surface area contributed by atoms with Crippen LogP contribution in [0.3, 0.4) is 0 Å². The third-order valence-corrected chi connectivity index (χ3v) is 4.19. The number of carbonyl (C=O) groups excluding carboxylic acids is 2. The first kappa shape index (κ1) is 19.5. The molecule has 0 aliphatic heterocycles. The molecule has 26 heavy (non-hydrogen) atoms. The topological polar surface area (TPSA) is 61.8 Å². The molecule has 0 aromatic heterocycles. The third kappa shape index (κ3) is 4.63. The number of ketones is 1. The van der Waals surface area contributed by atoms with E-state index in [9.17, 15) is 9.59 Å². The standard InChI is InChI=1S/C21H24O5/c1-5-16(22)10-14-6-8-19(24-2)17(11-14)18-12-15(13-21(23)26-4)7-9-20(18)25-3/h6-9,11-12H,5,10,13H2,1-4H3. The number of esters is 1.